The van der Waals surface area contributed by atoms with Gasteiger partial charge in [-0.1, -0.05) is 46.3 Å². The number of carbonyl (C=O) groups is 1. The molecule has 0 saturated heterocycles. The predicted molar refractivity (Wildman–Crippen MR) is 80.1 cm³/mol. The molecule has 0 aliphatic heterocycles. The Kier molecular flexibility index (Phi) is 4.87. The molecule has 3 N–H and O–H groups in total. The lowest BCUT2D eigenvalue weighted by Crippen LogP contribution is -2.13. The molecule has 0 unspecified atom stereocenters. The summed E-state index contributed by atoms with van der Waals surface area (Å²) in [5.41, 5.74) is 6.04. The average molecular weight is 335 g/mol. The van der Waals surface area contributed by atoms with Gasteiger partial charge in [0.05, 0.1) is 15.8 Å². The summed E-state index contributed by atoms with van der Waals surface area (Å²) >= 11 is 14.2. The molecule has 2 rings (SSSR count). The van der Waals surface area contributed by atoms with Gasteiger partial charge in [-0.3, -0.25) is 4.79 Å². The standard InChI is InChI=1S/C10H8Cl2N4OS2/c11-6-2-1-5(3-7(6)12)14-8(17)4-18-10-16-15-9(13)19-10/h1-3H,4H2,(H2,13,15)(H,14,17). The summed E-state index contributed by atoms with van der Waals surface area (Å²) in [5.74, 6) is 0.0478. The van der Waals surface area contributed by atoms with E-state index in [1.807, 2.05) is 0 Å². The number of anilines is 2. The van der Waals surface area contributed by atoms with Gasteiger partial charge < -0.3 is 11.1 Å². The van der Waals surface area contributed by atoms with Crippen LogP contribution in [0.1, 0.15) is 0 Å². The number of thioether (sulfide) groups is 1. The molecule has 0 atom stereocenters. The largest absolute Gasteiger partial charge is 0.374 e. The third-order valence-electron chi connectivity index (χ3n) is 1.95. The number of rotatable bonds is 4. The zero-order valence-electron chi connectivity index (χ0n) is 9.39. The Morgan fingerprint density at radius 1 is 1.37 bits per heavy atom. The van der Waals surface area contributed by atoms with Gasteiger partial charge in [0.15, 0.2) is 4.34 Å². The van der Waals surface area contributed by atoms with E-state index in [0.29, 0.717) is 25.2 Å². The topological polar surface area (TPSA) is 80.9 Å². The van der Waals surface area contributed by atoms with Crippen molar-refractivity contribution in [3.63, 3.8) is 0 Å². The quantitative estimate of drug-likeness (QED) is 0.839. The van der Waals surface area contributed by atoms with Gasteiger partial charge in [-0.25, -0.2) is 0 Å². The number of nitrogens with two attached hydrogens (primary N) is 1. The summed E-state index contributed by atoms with van der Waals surface area (Å²) in [6.45, 7) is 0. The normalized spacial score (nSPS) is 10.4. The summed E-state index contributed by atoms with van der Waals surface area (Å²) in [4.78, 5) is 11.7. The van der Waals surface area contributed by atoms with Crippen molar-refractivity contribution < 1.29 is 4.79 Å². The highest BCUT2D eigenvalue weighted by Crippen LogP contribution is 2.26. The van der Waals surface area contributed by atoms with Crippen LogP contribution in [0.2, 0.25) is 10.0 Å². The summed E-state index contributed by atoms with van der Waals surface area (Å²) in [5, 5.41) is 11.4. The van der Waals surface area contributed by atoms with Gasteiger partial charge in [-0.15, -0.1) is 10.2 Å². The molecule has 1 aromatic heterocycles. The second-order valence-corrected chi connectivity index (χ2v) is 6.42. The van der Waals surface area contributed by atoms with E-state index in [-0.39, 0.29) is 11.7 Å². The Labute approximate surface area is 127 Å². The van der Waals surface area contributed by atoms with Crippen LogP contribution in [0.25, 0.3) is 0 Å². The van der Waals surface area contributed by atoms with Crippen LogP contribution in [0.5, 0.6) is 0 Å². The van der Waals surface area contributed by atoms with Crippen molar-refractivity contribution in [1.29, 1.82) is 0 Å². The molecule has 0 spiro atoms. The molecule has 0 bridgehead atoms. The summed E-state index contributed by atoms with van der Waals surface area (Å²) < 4.78 is 0.654. The van der Waals surface area contributed by atoms with Crippen molar-refractivity contribution in [3.8, 4) is 0 Å². The number of hydrogen-bond acceptors (Lipinski definition) is 6. The molecular weight excluding hydrogens is 327 g/mol. The summed E-state index contributed by atoms with van der Waals surface area (Å²) in [7, 11) is 0. The van der Waals surface area contributed by atoms with Crippen LogP contribution in [-0.4, -0.2) is 21.9 Å². The highest BCUT2D eigenvalue weighted by Gasteiger charge is 2.08. The van der Waals surface area contributed by atoms with Gasteiger partial charge >= 0.3 is 0 Å². The molecule has 0 fully saturated rings. The van der Waals surface area contributed by atoms with Gasteiger partial charge in [-0.05, 0) is 18.2 Å². The first kappa shape index (κ1) is 14.4. The summed E-state index contributed by atoms with van der Waals surface area (Å²) in [6.07, 6.45) is 0. The zero-order chi connectivity index (χ0) is 13.8. The van der Waals surface area contributed by atoms with E-state index in [1.165, 1.54) is 23.1 Å². The number of nitrogens with one attached hydrogen (secondary N) is 1. The summed E-state index contributed by atoms with van der Waals surface area (Å²) in [6, 6.07) is 4.90. The van der Waals surface area contributed by atoms with E-state index in [2.05, 4.69) is 15.5 Å². The molecule has 1 amide bonds. The Morgan fingerprint density at radius 2 is 2.16 bits per heavy atom. The fourth-order valence-electron chi connectivity index (χ4n) is 1.18. The molecular formula is C10H8Cl2N4OS2. The zero-order valence-corrected chi connectivity index (χ0v) is 12.5. The maximum absolute atomic E-state index is 11.7. The smallest absolute Gasteiger partial charge is 0.234 e. The van der Waals surface area contributed by atoms with Gasteiger partial charge in [0, 0.05) is 5.69 Å². The van der Waals surface area contributed by atoms with Gasteiger partial charge in [0.2, 0.25) is 11.0 Å². The van der Waals surface area contributed by atoms with Crippen LogP contribution in [0.4, 0.5) is 10.8 Å². The van der Waals surface area contributed by atoms with E-state index < -0.39 is 0 Å². The number of amides is 1. The van der Waals surface area contributed by atoms with Crippen LogP contribution >= 0.6 is 46.3 Å². The second-order valence-electron chi connectivity index (χ2n) is 3.37. The Hall–Kier alpha value is -1.02. The second kappa shape index (κ2) is 6.42. The first-order valence-electron chi connectivity index (χ1n) is 5.01. The molecule has 5 nitrogen and oxygen atoms in total. The van der Waals surface area contributed by atoms with Crippen LogP contribution in [0.15, 0.2) is 22.5 Å². The highest BCUT2D eigenvalue weighted by molar-refractivity contribution is 8.01. The average Bonchev–Trinajstić information content (AvgIpc) is 2.77. The van der Waals surface area contributed by atoms with Crippen molar-refractivity contribution in [2.24, 2.45) is 0 Å². The fourth-order valence-corrected chi connectivity index (χ4v) is 2.91. The lowest BCUT2D eigenvalue weighted by atomic mass is 10.3. The van der Waals surface area contributed by atoms with Gasteiger partial charge in [-0.2, -0.15) is 0 Å². The Balaban J connectivity index is 1.88. The van der Waals surface area contributed by atoms with E-state index in [0.717, 1.165) is 0 Å². The lowest BCUT2D eigenvalue weighted by Gasteiger charge is -2.05. The van der Waals surface area contributed by atoms with Crippen molar-refractivity contribution in [1.82, 2.24) is 10.2 Å². The van der Waals surface area contributed by atoms with Crippen molar-refractivity contribution in [2.75, 3.05) is 16.8 Å². The third-order valence-corrected chi connectivity index (χ3v) is 4.58. The molecule has 0 saturated carbocycles. The monoisotopic (exact) mass is 334 g/mol. The molecule has 0 radical (unpaired) electrons. The van der Waals surface area contributed by atoms with Gasteiger partial charge in [0.1, 0.15) is 0 Å². The van der Waals surface area contributed by atoms with Crippen molar-refractivity contribution >= 4 is 63.0 Å². The lowest BCUT2D eigenvalue weighted by molar-refractivity contribution is -0.113. The maximum Gasteiger partial charge on any atom is 0.234 e. The van der Waals surface area contributed by atoms with Crippen LogP contribution in [0.3, 0.4) is 0 Å². The van der Waals surface area contributed by atoms with E-state index in [4.69, 9.17) is 28.9 Å². The fraction of sp³-hybridized carbons (Fsp3) is 0.100. The molecule has 0 aliphatic carbocycles. The Morgan fingerprint density at radius 3 is 2.79 bits per heavy atom. The molecule has 9 heteroatoms. The van der Waals surface area contributed by atoms with Gasteiger partial charge in [0.25, 0.3) is 0 Å². The minimum atomic E-state index is -0.169. The minimum Gasteiger partial charge on any atom is -0.374 e. The van der Waals surface area contributed by atoms with E-state index >= 15 is 0 Å². The number of benzene rings is 1. The highest BCUT2D eigenvalue weighted by atomic mass is 35.5. The first-order chi connectivity index (χ1) is 9.04. The number of nitrogen functional groups attached to an aromatic ring is 1. The number of halogens is 2. The molecule has 2 aromatic rings. The molecule has 1 aromatic carbocycles. The third kappa shape index (κ3) is 4.24. The van der Waals surface area contributed by atoms with E-state index in [1.54, 1.807) is 18.2 Å². The number of hydrogen-bond donors (Lipinski definition) is 2. The molecule has 100 valence electrons. The molecule has 0 aliphatic rings. The van der Waals surface area contributed by atoms with Crippen LogP contribution in [-0.2, 0) is 4.79 Å². The maximum atomic E-state index is 11.7. The SMILES string of the molecule is Nc1nnc(SCC(=O)Nc2ccc(Cl)c(Cl)c2)s1. The molecule has 1 heterocycles. The van der Waals surface area contributed by atoms with Crippen LogP contribution < -0.4 is 11.1 Å². The van der Waals surface area contributed by atoms with Crippen LogP contribution in [0, 0.1) is 0 Å². The number of carbonyl (C=O) groups excluding carboxylic acids is 1. The van der Waals surface area contributed by atoms with Crippen molar-refractivity contribution in [3.05, 3.63) is 28.2 Å². The number of aromatic nitrogens is 2. The number of nitrogens with zero attached hydrogens (tertiary/aromatic N) is 2. The minimum absolute atomic E-state index is 0.169. The first-order valence-corrected chi connectivity index (χ1v) is 7.57. The van der Waals surface area contributed by atoms with E-state index in [9.17, 15) is 4.79 Å². The van der Waals surface area contributed by atoms with Crippen molar-refractivity contribution in [2.45, 2.75) is 4.34 Å². The molecule has 19 heavy (non-hydrogen) atoms. The predicted octanol–water partition coefficient (Wildman–Crippen LogP) is 3.16. The Bertz CT molecular complexity index is 605.